The molecule has 0 saturated heterocycles. The van der Waals surface area contributed by atoms with Crippen LogP contribution in [0.15, 0.2) is 18.5 Å². The minimum absolute atomic E-state index is 0.862. The number of hydrogen-bond acceptors (Lipinski definition) is 3. The Hall–Kier alpha value is -1.51. The van der Waals surface area contributed by atoms with Gasteiger partial charge in [0.25, 0.3) is 0 Å². The van der Waals surface area contributed by atoms with Crippen LogP contribution in [0.5, 0.6) is 0 Å². The normalized spacial score (nSPS) is 10.5. The highest BCUT2D eigenvalue weighted by atomic mass is 15.1. The summed E-state index contributed by atoms with van der Waals surface area (Å²) in [6.07, 6.45) is 3.46. The highest BCUT2D eigenvalue weighted by Crippen LogP contribution is 2.15. The molecule has 0 aliphatic carbocycles. The maximum Gasteiger partial charge on any atom is 0.111 e. The number of hydrogen-bond donors (Lipinski definition) is 0. The van der Waals surface area contributed by atoms with E-state index in [-0.39, 0.29) is 0 Å². The first-order valence-electron chi connectivity index (χ1n) is 3.82. The van der Waals surface area contributed by atoms with E-state index in [0.717, 1.165) is 16.6 Å². The second-order valence-corrected chi connectivity index (χ2v) is 2.80. The second-order valence-electron chi connectivity index (χ2n) is 2.80. The third-order valence-corrected chi connectivity index (χ3v) is 2.08. The zero-order valence-corrected chi connectivity index (χ0v) is 7.07. The van der Waals surface area contributed by atoms with Gasteiger partial charge in [-0.1, -0.05) is 0 Å². The van der Waals surface area contributed by atoms with Gasteiger partial charge in [-0.2, -0.15) is 5.10 Å². The Labute approximate surface area is 70.5 Å². The van der Waals surface area contributed by atoms with E-state index in [0.29, 0.717) is 0 Å². The average Bonchev–Trinajstić information content (AvgIpc) is 2.12. The van der Waals surface area contributed by atoms with Gasteiger partial charge in [-0.3, -0.25) is 4.98 Å². The van der Waals surface area contributed by atoms with E-state index in [1.54, 1.807) is 12.4 Å². The Balaban J connectivity index is 2.91. The summed E-state index contributed by atoms with van der Waals surface area (Å²) in [5.41, 5.74) is 3.10. The maximum absolute atomic E-state index is 4.20. The van der Waals surface area contributed by atoms with E-state index in [4.69, 9.17) is 0 Å². The lowest BCUT2D eigenvalue weighted by Gasteiger charge is -2.01. The van der Waals surface area contributed by atoms with Crippen LogP contribution in [-0.2, 0) is 0 Å². The monoisotopic (exact) mass is 159 g/mol. The van der Waals surface area contributed by atoms with Crippen LogP contribution in [0.25, 0.3) is 10.9 Å². The Kier molecular flexibility index (Phi) is 1.50. The van der Waals surface area contributed by atoms with E-state index < -0.39 is 0 Å². The fourth-order valence-electron chi connectivity index (χ4n) is 1.20. The van der Waals surface area contributed by atoms with Crippen molar-refractivity contribution in [2.45, 2.75) is 13.8 Å². The molecule has 2 heterocycles. The summed E-state index contributed by atoms with van der Waals surface area (Å²) in [4.78, 5) is 4.20. The predicted molar refractivity (Wildman–Crippen MR) is 46.8 cm³/mol. The molecule has 2 aromatic rings. The van der Waals surface area contributed by atoms with Crippen molar-refractivity contribution in [3.63, 3.8) is 0 Å². The fraction of sp³-hybridized carbons (Fsp3) is 0.222. The van der Waals surface area contributed by atoms with Crippen LogP contribution >= 0.6 is 0 Å². The van der Waals surface area contributed by atoms with Gasteiger partial charge in [0.05, 0.1) is 12.4 Å². The van der Waals surface area contributed by atoms with Gasteiger partial charge in [-0.25, -0.2) is 0 Å². The topological polar surface area (TPSA) is 38.7 Å². The second kappa shape index (κ2) is 2.52. The smallest absolute Gasteiger partial charge is 0.111 e. The molecular weight excluding hydrogens is 150 g/mol. The zero-order valence-electron chi connectivity index (χ0n) is 7.07. The molecule has 0 spiro atoms. The van der Waals surface area contributed by atoms with Crippen LogP contribution in [-0.4, -0.2) is 15.2 Å². The lowest BCUT2D eigenvalue weighted by Crippen LogP contribution is -1.91. The van der Waals surface area contributed by atoms with Gasteiger partial charge in [-0.05, 0) is 25.5 Å². The zero-order chi connectivity index (χ0) is 8.55. The summed E-state index contributed by atoms with van der Waals surface area (Å²) < 4.78 is 0. The summed E-state index contributed by atoms with van der Waals surface area (Å²) in [6, 6.07) is 1.96. The van der Waals surface area contributed by atoms with Crippen LogP contribution in [0, 0.1) is 13.8 Å². The Morgan fingerprint density at radius 1 is 1.25 bits per heavy atom. The van der Waals surface area contributed by atoms with Gasteiger partial charge in [-0.15, -0.1) is 5.10 Å². The van der Waals surface area contributed by atoms with Crippen LogP contribution < -0.4 is 0 Å². The van der Waals surface area contributed by atoms with Crippen molar-refractivity contribution < 1.29 is 0 Å². The third kappa shape index (κ3) is 0.942. The van der Waals surface area contributed by atoms with Crippen molar-refractivity contribution in [1.29, 1.82) is 0 Å². The predicted octanol–water partition coefficient (Wildman–Crippen LogP) is 1.64. The first-order valence-corrected chi connectivity index (χ1v) is 3.82. The third-order valence-electron chi connectivity index (χ3n) is 2.08. The SMILES string of the molecule is Cc1ncc2nnccc2c1C. The molecule has 0 bridgehead atoms. The van der Waals surface area contributed by atoms with Crippen molar-refractivity contribution >= 4 is 10.9 Å². The quantitative estimate of drug-likeness (QED) is 0.586. The average molecular weight is 159 g/mol. The van der Waals surface area contributed by atoms with E-state index in [2.05, 4.69) is 15.2 Å². The lowest BCUT2D eigenvalue weighted by molar-refractivity contribution is 1.06. The first kappa shape index (κ1) is 7.16. The summed E-state index contributed by atoms with van der Waals surface area (Å²) in [7, 11) is 0. The number of pyridine rings is 1. The van der Waals surface area contributed by atoms with Gasteiger partial charge >= 0.3 is 0 Å². The molecule has 12 heavy (non-hydrogen) atoms. The lowest BCUT2D eigenvalue weighted by atomic mass is 10.1. The summed E-state index contributed by atoms with van der Waals surface area (Å²) in [5.74, 6) is 0. The molecule has 3 heteroatoms. The Morgan fingerprint density at radius 3 is 2.92 bits per heavy atom. The molecule has 60 valence electrons. The first-order chi connectivity index (χ1) is 5.79. The fourth-order valence-corrected chi connectivity index (χ4v) is 1.20. The molecule has 0 saturated carbocycles. The number of nitrogens with zero attached hydrogens (tertiary/aromatic N) is 3. The summed E-state index contributed by atoms with van der Waals surface area (Å²) in [5, 5.41) is 8.90. The van der Waals surface area contributed by atoms with Gasteiger partial charge in [0.2, 0.25) is 0 Å². The molecule has 0 fully saturated rings. The molecule has 0 aromatic carbocycles. The molecule has 2 aromatic heterocycles. The minimum atomic E-state index is 0.862. The van der Waals surface area contributed by atoms with Crippen molar-refractivity contribution in [2.24, 2.45) is 0 Å². The molecule has 3 nitrogen and oxygen atoms in total. The minimum Gasteiger partial charge on any atom is -0.259 e. The highest BCUT2D eigenvalue weighted by Gasteiger charge is 2.00. The number of aromatic nitrogens is 3. The van der Waals surface area contributed by atoms with Crippen LogP contribution in [0.1, 0.15) is 11.3 Å². The van der Waals surface area contributed by atoms with Gasteiger partial charge in [0.15, 0.2) is 0 Å². The van der Waals surface area contributed by atoms with E-state index in [1.165, 1.54) is 5.56 Å². The number of aryl methyl sites for hydroxylation is 2. The molecule has 0 unspecified atom stereocenters. The molecule has 0 amide bonds. The maximum atomic E-state index is 4.20. The molecule has 0 aliphatic rings. The van der Waals surface area contributed by atoms with E-state index in [1.807, 2.05) is 19.9 Å². The molecule has 0 atom stereocenters. The van der Waals surface area contributed by atoms with Crippen molar-refractivity contribution in [2.75, 3.05) is 0 Å². The molecular formula is C9H9N3. The molecule has 0 aliphatic heterocycles. The van der Waals surface area contributed by atoms with Crippen molar-refractivity contribution in [1.82, 2.24) is 15.2 Å². The van der Waals surface area contributed by atoms with Gasteiger partial charge in [0.1, 0.15) is 5.52 Å². The van der Waals surface area contributed by atoms with Crippen molar-refractivity contribution in [3.05, 3.63) is 29.7 Å². The standard InChI is InChI=1S/C9H9N3/c1-6-7(2)10-5-9-8(6)3-4-11-12-9/h3-5H,1-2H3. The van der Waals surface area contributed by atoms with Crippen LogP contribution in [0.2, 0.25) is 0 Å². The van der Waals surface area contributed by atoms with Crippen molar-refractivity contribution in [3.8, 4) is 0 Å². The van der Waals surface area contributed by atoms with E-state index >= 15 is 0 Å². The van der Waals surface area contributed by atoms with E-state index in [9.17, 15) is 0 Å². The summed E-state index contributed by atoms with van der Waals surface area (Å²) in [6.45, 7) is 4.04. The number of fused-ring (bicyclic) bond motifs is 1. The van der Waals surface area contributed by atoms with Crippen LogP contribution in [0.4, 0.5) is 0 Å². The molecule has 2 rings (SSSR count). The molecule has 0 radical (unpaired) electrons. The Bertz CT molecular complexity index is 423. The summed E-state index contributed by atoms with van der Waals surface area (Å²) >= 11 is 0. The Morgan fingerprint density at radius 2 is 2.08 bits per heavy atom. The largest absolute Gasteiger partial charge is 0.259 e. The van der Waals surface area contributed by atoms with Gasteiger partial charge < -0.3 is 0 Å². The van der Waals surface area contributed by atoms with Crippen LogP contribution in [0.3, 0.4) is 0 Å². The number of rotatable bonds is 0. The van der Waals surface area contributed by atoms with Gasteiger partial charge in [0, 0.05) is 11.1 Å². The molecule has 0 N–H and O–H groups in total. The highest BCUT2D eigenvalue weighted by molar-refractivity contribution is 5.80.